The summed E-state index contributed by atoms with van der Waals surface area (Å²) >= 11 is 0. The van der Waals surface area contributed by atoms with E-state index < -0.39 is 5.60 Å². The lowest BCUT2D eigenvalue weighted by Crippen LogP contribution is -2.33. The zero-order valence-electron chi connectivity index (χ0n) is 9.36. The lowest BCUT2D eigenvalue weighted by molar-refractivity contribution is -0.0211. The summed E-state index contributed by atoms with van der Waals surface area (Å²) in [5.41, 5.74) is -0.0868. The Morgan fingerprint density at radius 3 is 2.36 bits per heavy atom. The third-order valence-electron chi connectivity index (χ3n) is 3.07. The zero-order valence-corrected chi connectivity index (χ0v) is 9.36. The van der Waals surface area contributed by atoms with Crippen molar-refractivity contribution in [1.82, 2.24) is 4.98 Å². The van der Waals surface area contributed by atoms with Crippen LogP contribution in [0.4, 0.5) is 0 Å². The van der Waals surface area contributed by atoms with Gasteiger partial charge in [-0.15, -0.1) is 0 Å². The highest BCUT2D eigenvalue weighted by Gasteiger charge is 2.33. The highest BCUT2D eigenvalue weighted by atomic mass is 16.3. The Labute approximate surface area is 86.0 Å². The number of aliphatic hydroxyl groups is 1. The quantitative estimate of drug-likeness (QED) is 0.800. The Morgan fingerprint density at radius 1 is 1.29 bits per heavy atom. The molecule has 2 heteroatoms. The van der Waals surface area contributed by atoms with E-state index in [9.17, 15) is 5.11 Å². The number of hydrogen-bond acceptors (Lipinski definition) is 2. The van der Waals surface area contributed by atoms with Crippen LogP contribution in [0.15, 0.2) is 24.4 Å². The highest BCUT2D eigenvalue weighted by molar-refractivity contribution is 5.13. The van der Waals surface area contributed by atoms with Crippen molar-refractivity contribution in [3.05, 3.63) is 30.1 Å². The van der Waals surface area contributed by atoms with Crippen molar-refractivity contribution in [2.75, 3.05) is 0 Å². The molecule has 0 aromatic carbocycles. The Bertz CT molecular complexity index is 280. The van der Waals surface area contributed by atoms with Crippen LogP contribution >= 0.6 is 0 Å². The molecule has 0 saturated carbocycles. The lowest BCUT2D eigenvalue weighted by atomic mass is 9.80. The van der Waals surface area contributed by atoms with E-state index in [2.05, 4.69) is 25.8 Å². The first-order valence-corrected chi connectivity index (χ1v) is 5.10. The molecule has 1 aromatic rings. The predicted octanol–water partition coefficient (Wildman–Crippen LogP) is 2.58. The monoisotopic (exact) mass is 193 g/mol. The molecule has 0 aliphatic rings. The van der Waals surface area contributed by atoms with Crippen molar-refractivity contribution in [3.63, 3.8) is 0 Å². The van der Waals surface area contributed by atoms with Gasteiger partial charge in [0.2, 0.25) is 0 Å². The molecule has 0 saturated heterocycles. The van der Waals surface area contributed by atoms with Gasteiger partial charge >= 0.3 is 0 Å². The maximum absolute atomic E-state index is 10.4. The molecular formula is C12H19NO. The molecule has 2 unspecified atom stereocenters. The maximum Gasteiger partial charge on any atom is 0.106 e. The molecule has 0 bridgehead atoms. The number of hydrogen-bond donors (Lipinski definition) is 1. The molecule has 1 aromatic heterocycles. The van der Waals surface area contributed by atoms with Crippen LogP contribution in [0.1, 0.15) is 33.4 Å². The number of rotatable bonds is 3. The summed E-state index contributed by atoms with van der Waals surface area (Å²) in [7, 11) is 0. The molecule has 0 radical (unpaired) electrons. The average molecular weight is 193 g/mol. The van der Waals surface area contributed by atoms with Crippen LogP contribution in [-0.2, 0) is 5.60 Å². The third kappa shape index (κ3) is 2.13. The molecule has 78 valence electrons. The minimum Gasteiger partial charge on any atom is -0.384 e. The van der Waals surface area contributed by atoms with E-state index in [1.54, 1.807) is 6.20 Å². The van der Waals surface area contributed by atoms with Crippen LogP contribution in [0.5, 0.6) is 0 Å². The standard InChI is InChI=1S/C12H19NO/c1-9(2)10(3)12(4,14)11-7-5-6-8-13-11/h5-10,14H,1-4H3. The molecule has 0 fully saturated rings. The minimum absolute atomic E-state index is 0.192. The van der Waals surface area contributed by atoms with E-state index in [4.69, 9.17) is 0 Å². The number of nitrogens with zero attached hydrogens (tertiary/aromatic N) is 1. The Hall–Kier alpha value is -0.890. The number of aromatic nitrogens is 1. The van der Waals surface area contributed by atoms with Gasteiger partial charge in [0.05, 0.1) is 5.69 Å². The van der Waals surface area contributed by atoms with Gasteiger partial charge in [-0.1, -0.05) is 26.8 Å². The van der Waals surface area contributed by atoms with Crippen molar-refractivity contribution in [2.24, 2.45) is 11.8 Å². The first kappa shape index (κ1) is 11.2. The molecular weight excluding hydrogens is 174 g/mol. The predicted molar refractivity (Wildman–Crippen MR) is 57.8 cm³/mol. The van der Waals surface area contributed by atoms with Crippen molar-refractivity contribution in [3.8, 4) is 0 Å². The fraction of sp³-hybridized carbons (Fsp3) is 0.583. The summed E-state index contributed by atoms with van der Waals surface area (Å²) in [4.78, 5) is 4.20. The fourth-order valence-corrected chi connectivity index (χ4v) is 1.54. The van der Waals surface area contributed by atoms with Gasteiger partial charge < -0.3 is 5.11 Å². The second-order valence-corrected chi connectivity index (χ2v) is 4.40. The fourth-order valence-electron chi connectivity index (χ4n) is 1.54. The van der Waals surface area contributed by atoms with Crippen LogP contribution in [0.2, 0.25) is 0 Å². The summed E-state index contributed by atoms with van der Waals surface area (Å²) in [6.07, 6.45) is 1.72. The number of pyridine rings is 1. The molecule has 0 amide bonds. The van der Waals surface area contributed by atoms with Gasteiger partial charge in [0.25, 0.3) is 0 Å². The Kier molecular flexibility index (Phi) is 3.27. The lowest BCUT2D eigenvalue weighted by Gasteiger charge is -2.32. The first-order chi connectivity index (χ1) is 6.46. The minimum atomic E-state index is -0.838. The van der Waals surface area contributed by atoms with Crippen molar-refractivity contribution in [1.29, 1.82) is 0 Å². The topological polar surface area (TPSA) is 33.1 Å². The Balaban J connectivity index is 2.96. The van der Waals surface area contributed by atoms with Crippen molar-refractivity contribution < 1.29 is 5.11 Å². The third-order valence-corrected chi connectivity index (χ3v) is 3.07. The summed E-state index contributed by atoms with van der Waals surface area (Å²) in [5, 5.41) is 10.4. The second-order valence-electron chi connectivity index (χ2n) is 4.40. The van der Waals surface area contributed by atoms with Crippen molar-refractivity contribution >= 4 is 0 Å². The molecule has 0 spiro atoms. The molecule has 2 nitrogen and oxygen atoms in total. The molecule has 0 aliphatic heterocycles. The SMILES string of the molecule is CC(C)C(C)C(C)(O)c1ccccn1. The molecule has 14 heavy (non-hydrogen) atoms. The van der Waals surface area contributed by atoms with Gasteiger partial charge in [-0.2, -0.15) is 0 Å². The smallest absolute Gasteiger partial charge is 0.106 e. The van der Waals surface area contributed by atoms with E-state index in [-0.39, 0.29) is 5.92 Å². The van der Waals surface area contributed by atoms with Crippen LogP contribution < -0.4 is 0 Å². The normalized spacial score (nSPS) is 17.9. The molecule has 2 atom stereocenters. The first-order valence-electron chi connectivity index (χ1n) is 5.10. The molecule has 1 heterocycles. The summed E-state index contributed by atoms with van der Waals surface area (Å²) in [6, 6.07) is 5.64. The van der Waals surface area contributed by atoms with Crippen LogP contribution in [0, 0.1) is 11.8 Å². The second kappa shape index (κ2) is 4.09. The van der Waals surface area contributed by atoms with Gasteiger partial charge in [-0.05, 0) is 30.9 Å². The van der Waals surface area contributed by atoms with Gasteiger partial charge in [0.1, 0.15) is 5.60 Å². The summed E-state index contributed by atoms with van der Waals surface area (Å²) in [5.74, 6) is 0.629. The van der Waals surface area contributed by atoms with Crippen LogP contribution in [0.3, 0.4) is 0 Å². The van der Waals surface area contributed by atoms with Gasteiger partial charge in [-0.3, -0.25) is 4.98 Å². The summed E-state index contributed by atoms with van der Waals surface area (Å²) < 4.78 is 0. The van der Waals surface area contributed by atoms with Crippen LogP contribution in [0.25, 0.3) is 0 Å². The van der Waals surface area contributed by atoms with Gasteiger partial charge in [0, 0.05) is 6.20 Å². The summed E-state index contributed by atoms with van der Waals surface area (Å²) in [6.45, 7) is 8.11. The van der Waals surface area contributed by atoms with E-state index in [1.807, 2.05) is 25.1 Å². The highest BCUT2D eigenvalue weighted by Crippen LogP contribution is 2.32. The van der Waals surface area contributed by atoms with E-state index in [1.165, 1.54) is 0 Å². The van der Waals surface area contributed by atoms with Gasteiger partial charge in [0.15, 0.2) is 0 Å². The molecule has 0 aliphatic carbocycles. The van der Waals surface area contributed by atoms with E-state index in [0.29, 0.717) is 5.92 Å². The van der Waals surface area contributed by atoms with Crippen LogP contribution in [-0.4, -0.2) is 10.1 Å². The molecule has 1 N–H and O–H groups in total. The Morgan fingerprint density at radius 2 is 1.93 bits per heavy atom. The largest absolute Gasteiger partial charge is 0.384 e. The average Bonchev–Trinajstić information content (AvgIpc) is 2.18. The molecule has 1 rings (SSSR count). The zero-order chi connectivity index (χ0) is 10.8. The van der Waals surface area contributed by atoms with Crippen molar-refractivity contribution in [2.45, 2.75) is 33.3 Å². The van der Waals surface area contributed by atoms with E-state index in [0.717, 1.165) is 5.69 Å². The van der Waals surface area contributed by atoms with Gasteiger partial charge in [-0.25, -0.2) is 0 Å². The van der Waals surface area contributed by atoms with E-state index >= 15 is 0 Å². The maximum atomic E-state index is 10.4.